The standard InChI is InChI=1S/C17H18N4O2/c1-20-14-8-7-12(11-15(14)21(10-9-18)17(20)23)16(22)19-13-5-3-2-4-6-13/h2-8,11H,9-10,18H2,1H3,(H,19,22). The quantitative estimate of drug-likeness (QED) is 0.767. The minimum absolute atomic E-state index is 0.133. The molecule has 1 amide bonds. The summed E-state index contributed by atoms with van der Waals surface area (Å²) in [6.07, 6.45) is 0. The van der Waals surface area contributed by atoms with Crippen molar-refractivity contribution in [3.8, 4) is 0 Å². The Hall–Kier alpha value is -2.86. The zero-order valence-corrected chi connectivity index (χ0v) is 12.8. The van der Waals surface area contributed by atoms with Crippen LogP contribution < -0.4 is 16.7 Å². The fourth-order valence-electron chi connectivity index (χ4n) is 2.62. The number of nitrogens with zero attached hydrogens (tertiary/aromatic N) is 2. The van der Waals surface area contributed by atoms with E-state index in [0.29, 0.717) is 24.2 Å². The Morgan fingerprint density at radius 1 is 1.13 bits per heavy atom. The first-order valence-electron chi connectivity index (χ1n) is 7.37. The van der Waals surface area contributed by atoms with Gasteiger partial charge in [-0.3, -0.25) is 13.9 Å². The summed E-state index contributed by atoms with van der Waals surface area (Å²) in [5, 5.41) is 2.84. The summed E-state index contributed by atoms with van der Waals surface area (Å²) >= 11 is 0. The molecular formula is C17H18N4O2. The lowest BCUT2D eigenvalue weighted by atomic mass is 10.1. The van der Waals surface area contributed by atoms with Crippen LogP contribution in [0.5, 0.6) is 0 Å². The molecule has 2 aromatic carbocycles. The Morgan fingerprint density at radius 2 is 1.87 bits per heavy atom. The van der Waals surface area contributed by atoms with E-state index in [1.54, 1.807) is 34.4 Å². The molecule has 0 radical (unpaired) electrons. The van der Waals surface area contributed by atoms with Crippen LogP contribution in [0.1, 0.15) is 10.4 Å². The van der Waals surface area contributed by atoms with Crippen LogP contribution in [0, 0.1) is 0 Å². The zero-order valence-electron chi connectivity index (χ0n) is 12.8. The van der Waals surface area contributed by atoms with Gasteiger partial charge in [0.1, 0.15) is 0 Å². The number of nitrogens with one attached hydrogen (secondary N) is 1. The summed E-state index contributed by atoms with van der Waals surface area (Å²) in [7, 11) is 1.71. The molecule has 0 aliphatic rings. The normalized spacial score (nSPS) is 10.9. The van der Waals surface area contributed by atoms with Gasteiger partial charge < -0.3 is 11.1 Å². The third kappa shape index (κ3) is 2.76. The smallest absolute Gasteiger partial charge is 0.328 e. The van der Waals surface area contributed by atoms with Crippen LogP contribution in [0.3, 0.4) is 0 Å². The largest absolute Gasteiger partial charge is 0.329 e. The van der Waals surface area contributed by atoms with E-state index in [1.807, 2.05) is 30.3 Å². The molecule has 0 atom stereocenters. The number of aryl methyl sites for hydroxylation is 1. The van der Waals surface area contributed by atoms with Gasteiger partial charge >= 0.3 is 5.69 Å². The van der Waals surface area contributed by atoms with Gasteiger partial charge in [0.2, 0.25) is 0 Å². The molecule has 0 aliphatic heterocycles. The molecule has 118 valence electrons. The molecule has 0 aliphatic carbocycles. The first-order chi connectivity index (χ1) is 11.1. The van der Waals surface area contributed by atoms with E-state index < -0.39 is 0 Å². The Bertz CT molecular complexity index is 909. The number of nitrogens with two attached hydrogens (primary N) is 1. The van der Waals surface area contributed by atoms with Crippen molar-refractivity contribution in [3.05, 3.63) is 64.6 Å². The third-order valence-electron chi connectivity index (χ3n) is 3.79. The van der Waals surface area contributed by atoms with Gasteiger partial charge in [-0.1, -0.05) is 18.2 Å². The van der Waals surface area contributed by atoms with Crippen LogP contribution in [-0.4, -0.2) is 21.6 Å². The number of para-hydroxylation sites is 1. The second kappa shape index (κ2) is 6.10. The predicted octanol–water partition coefficient (Wildman–Crippen LogP) is 1.55. The van der Waals surface area contributed by atoms with E-state index in [2.05, 4.69) is 5.32 Å². The Labute approximate surface area is 133 Å². The minimum atomic E-state index is -0.214. The molecule has 3 N–H and O–H groups in total. The summed E-state index contributed by atoms with van der Waals surface area (Å²) in [4.78, 5) is 24.6. The number of carbonyl (C=O) groups excluding carboxylic acids is 1. The lowest BCUT2D eigenvalue weighted by Crippen LogP contribution is -2.25. The lowest BCUT2D eigenvalue weighted by molar-refractivity contribution is 0.102. The number of amides is 1. The van der Waals surface area contributed by atoms with Gasteiger partial charge in [0.15, 0.2) is 0 Å². The maximum absolute atomic E-state index is 12.4. The van der Waals surface area contributed by atoms with Crippen molar-refractivity contribution in [3.63, 3.8) is 0 Å². The van der Waals surface area contributed by atoms with E-state index in [0.717, 1.165) is 11.2 Å². The van der Waals surface area contributed by atoms with Gasteiger partial charge in [-0.15, -0.1) is 0 Å². The molecule has 6 heteroatoms. The number of hydrogen-bond donors (Lipinski definition) is 2. The van der Waals surface area contributed by atoms with Crippen LogP contribution >= 0.6 is 0 Å². The highest BCUT2D eigenvalue weighted by atomic mass is 16.2. The van der Waals surface area contributed by atoms with E-state index in [1.165, 1.54) is 0 Å². The topological polar surface area (TPSA) is 82.1 Å². The molecule has 0 fully saturated rings. The molecule has 1 heterocycles. The fraction of sp³-hybridized carbons (Fsp3) is 0.176. The number of benzene rings is 2. The van der Waals surface area contributed by atoms with Crippen LogP contribution in [0.15, 0.2) is 53.3 Å². The van der Waals surface area contributed by atoms with Gasteiger partial charge in [-0.2, -0.15) is 0 Å². The predicted molar refractivity (Wildman–Crippen MR) is 90.6 cm³/mol. The van der Waals surface area contributed by atoms with Crippen molar-refractivity contribution in [2.45, 2.75) is 6.54 Å². The highest BCUT2D eigenvalue weighted by Crippen LogP contribution is 2.16. The monoisotopic (exact) mass is 310 g/mol. The molecule has 0 bridgehead atoms. The summed E-state index contributed by atoms with van der Waals surface area (Å²) in [6, 6.07) is 14.5. The number of aromatic nitrogens is 2. The van der Waals surface area contributed by atoms with E-state index in [-0.39, 0.29) is 11.6 Å². The van der Waals surface area contributed by atoms with Crippen LogP contribution in [0.25, 0.3) is 11.0 Å². The first kappa shape index (κ1) is 15.1. The second-order valence-electron chi connectivity index (χ2n) is 5.31. The van der Waals surface area contributed by atoms with Crippen molar-refractivity contribution < 1.29 is 4.79 Å². The maximum atomic E-state index is 12.4. The number of fused-ring (bicyclic) bond motifs is 1. The summed E-state index contributed by atoms with van der Waals surface area (Å²) in [5.41, 5.74) is 8.16. The number of hydrogen-bond acceptors (Lipinski definition) is 3. The number of imidazole rings is 1. The van der Waals surface area contributed by atoms with Crippen LogP contribution in [0.2, 0.25) is 0 Å². The highest BCUT2D eigenvalue weighted by Gasteiger charge is 2.13. The summed E-state index contributed by atoms with van der Waals surface area (Å²) < 4.78 is 3.15. The molecule has 23 heavy (non-hydrogen) atoms. The van der Waals surface area contributed by atoms with Crippen LogP contribution in [-0.2, 0) is 13.6 Å². The molecule has 1 aromatic heterocycles. The zero-order chi connectivity index (χ0) is 16.4. The molecule has 0 unspecified atom stereocenters. The van der Waals surface area contributed by atoms with Gasteiger partial charge in [-0.25, -0.2) is 4.79 Å². The van der Waals surface area contributed by atoms with Crippen molar-refractivity contribution in [2.24, 2.45) is 12.8 Å². The van der Waals surface area contributed by atoms with Crippen molar-refractivity contribution in [2.75, 3.05) is 11.9 Å². The third-order valence-corrected chi connectivity index (χ3v) is 3.79. The highest BCUT2D eigenvalue weighted by molar-refractivity contribution is 6.05. The molecule has 6 nitrogen and oxygen atoms in total. The number of anilines is 1. The first-order valence-corrected chi connectivity index (χ1v) is 7.37. The molecular weight excluding hydrogens is 292 g/mol. The second-order valence-corrected chi connectivity index (χ2v) is 5.31. The summed E-state index contributed by atoms with van der Waals surface area (Å²) in [5.74, 6) is -0.214. The van der Waals surface area contributed by atoms with Crippen LogP contribution in [0.4, 0.5) is 5.69 Å². The average molecular weight is 310 g/mol. The number of rotatable bonds is 4. The Morgan fingerprint density at radius 3 is 2.57 bits per heavy atom. The molecule has 3 rings (SSSR count). The molecule has 3 aromatic rings. The summed E-state index contributed by atoms with van der Waals surface area (Å²) in [6.45, 7) is 0.777. The minimum Gasteiger partial charge on any atom is -0.329 e. The molecule has 0 saturated carbocycles. The van der Waals surface area contributed by atoms with Gasteiger partial charge in [-0.05, 0) is 30.3 Å². The van der Waals surface area contributed by atoms with Crippen molar-refractivity contribution in [1.82, 2.24) is 9.13 Å². The van der Waals surface area contributed by atoms with E-state index in [9.17, 15) is 9.59 Å². The SMILES string of the molecule is Cn1c(=O)n(CCN)c2cc(C(=O)Nc3ccccc3)ccc21. The fourth-order valence-corrected chi connectivity index (χ4v) is 2.62. The van der Waals surface area contributed by atoms with Gasteiger partial charge in [0, 0.05) is 31.4 Å². The van der Waals surface area contributed by atoms with E-state index in [4.69, 9.17) is 5.73 Å². The van der Waals surface area contributed by atoms with Gasteiger partial charge in [0.25, 0.3) is 5.91 Å². The van der Waals surface area contributed by atoms with Crippen molar-refractivity contribution in [1.29, 1.82) is 0 Å². The van der Waals surface area contributed by atoms with Gasteiger partial charge in [0.05, 0.1) is 11.0 Å². The molecule has 0 saturated heterocycles. The van der Waals surface area contributed by atoms with E-state index >= 15 is 0 Å². The number of carbonyl (C=O) groups is 1. The Balaban J connectivity index is 2.01. The lowest BCUT2D eigenvalue weighted by Gasteiger charge is -2.06. The average Bonchev–Trinajstić information content (AvgIpc) is 2.81. The maximum Gasteiger partial charge on any atom is 0.328 e. The molecule has 0 spiro atoms. The Kier molecular flexibility index (Phi) is 3.99. The van der Waals surface area contributed by atoms with Crippen molar-refractivity contribution >= 4 is 22.6 Å².